The van der Waals surface area contributed by atoms with Crippen LogP contribution in [0.1, 0.15) is 34.0 Å². The minimum absolute atomic E-state index is 0.0259. The fourth-order valence-corrected chi connectivity index (χ4v) is 4.84. The number of tetrazole rings is 1. The van der Waals surface area contributed by atoms with E-state index in [-0.39, 0.29) is 17.4 Å². The number of fused-ring (bicyclic) bond motifs is 4. The molecule has 31 heavy (non-hydrogen) atoms. The summed E-state index contributed by atoms with van der Waals surface area (Å²) in [5.41, 5.74) is 3.44. The Morgan fingerprint density at radius 1 is 1.10 bits per heavy atom. The second-order valence-electron chi connectivity index (χ2n) is 8.75. The molecule has 0 unspecified atom stereocenters. The van der Waals surface area contributed by atoms with Crippen LogP contribution in [0.5, 0.6) is 0 Å². The summed E-state index contributed by atoms with van der Waals surface area (Å²) in [6.45, 7) is 2.62. The third-order valence-electron chi connectivity index (χ3n) is 6.18. The van der Waals surface area contributed by atoms with Crippen LogP contribution in [0.4, 0.5) is 0 Å². The third kappa shape index (κ3) is 3.65. The molecule has 2 bridgehead atoms. The van der Waals surface area contributed by atoms with Gasteiger partial charge >= 0.3 is 0 Å². The van der Waals surface area contributed by atoms with Gasteiger partial charge in [-0.1, -0.05) is 6.07 Å². The number of carbonyl (C=O) groups is 1. The van der Waals surface area contributed by atoms with E-state index in [2.05, 4.69) is 21.6 Å². The average molecular weight is 419 g/mol. The Morgan fingerprint density at radius 2 is 1.90 bits per heavy atom. The second-order valence-corrected chi connectivity index (χ2v) is 8.75. The molecule has 2 aromatic heterocycles. The van der Waals surface area contributed by atoms with Crippen molar-refractivity contribution in [1.82, 2.24) is 34.6 Å². The van der Waals surface area contributed by atoms with Gasteiger partial charge in [0.1, 0.15) is 6.33 Å². The van der Waals surface area contributed by atoms with Crippen LogP contribution in [0.3, 0.4) is 0 Å². The molecule has 1 aromatic carbocycles. The number of piperidine rings is 1. The highest BCUT2D eigenvalue weighted by molar-refractivity contribution is 5.94. The maximum absolute atomic E-state index is 13.2. The smallest absolute Gasteiger partial charge is 0.255 e. The quantitative estimate of drug-likeness (QED) is 0.630. The van der Waals surface area contributed by atoms with Crippen molar-refractivity contribution in [2.45, 2.75) is 25.4 Å². The molecule has 2 atom stereocenters. The summed E-state index contributed by atoms with van der Waals surface area (Å²) >= 11 is 0. The van der Waals surface area contributed by atoms with E-state index in [0.717, 1.165) is 23.4 Å². The first kappa shape index (κ1) is 19.6. The molecule has 0 saturated carbocycles. The molecule has 2 aliphatic rings. The zero-order valence-electron chi connectivity index (χ0n) is 17.7. The molecule has 1 amide bonds. The molecule has 1 saturated heterocycles. The number of amides is 1. The Bertz CT molecular complexity index is 1150. The van der Waals surface area contributed by atoms with E-state index in [1.165, 1.54) is 6.33 Å². The number of nitrogens with zero attached hydrogens (tertiary/aromatic N) is 7. The summed E-state index contributed by atoms with van der Waals surface area (Å²) in [6.07, 6.45) is 2.54. The van der Waals surface area contributed by atoms with Crippen molar-refractivity contribution < 1.29 is 4.79 Å². The lowest BCUT2D eigenvalue weighted by atomic mass is 9.82. The van der Waals surface area contributed by atoms with Gasteiger partial charge in [-0.05, 0) is 67.2 Å². The van der Waals surface area contributed by atoms with Crippen LogP contribution in [-0.4, -0.2) is 67.7 Å². The molecule has 160 valence electrons. The molecule has 9 nitrogen and oxygen atoms in total. The van der Waals surface area contributed by atoms with Crippen molar-refractivity contribution in [3.05, 3.63) is 69.9 Å². The number of pyridine rings is 1. The van der Waals surface area contributed by atoms with E-state index in [0.29, 0.717) is 37.7 Å². The van der Waals surface area contributed by atoms with Crippen LogP contribution in [0.15, 0.2) is 47.5 Å². The van der Waals surface area contributed by atoms with Gasteiger partial charge in [0.2, 0.25) is 0 Å². The SMILES string of the molecule is CN(C)Cc1ccc2n(c1=O)C[C@H]1C[C@@H]2CN(C(=O)c2ccc(-n3cnnn3)cc2)C1. The molecule has 1 fully saturated rings. The van der Waals surface area contributed by atoms with Crippen molar-refractivity contribution in [2.75, 3.05) is 27.2 Å². The molecular weight excluding hydrogens is 394 g/mol. The first-order valence-electron chi connectivity index (χ1n) is 10.5. The van der Waals surface area contributed by atoms with Gasteiger partial charge in [-0.2, -0.15) is 0 Å². The van der Waals surface area contributed by atoms with Gasteiger partial charge < -0.3 is 14.4 Å². The normalized spacial score (nSPS) is 20.0. The molecule has 5 rings (SSSR count). The molecule has 9 heteroatoms. The molecule has 0 aliphatic carbocycles. The van der Waals surface area contributed by atoms with Gasteiger partial charge in [-0.3, -0.25) is 9.59 Å². The van der Waals surface area contributed by atoms with E-state index in [9.17, 15) is 9.59 Å². The molecule has 3 aromatic rings. The number of hydrogen-bond donors (Lipinski definition) is 0. The average Bonchev–Trinajstić information content (AvgIpc) is 3.30. The predicted octanol–water partition coefficient (Wildman–Crippen LogP) is 1.15. The molecule has 0 radical (unpaired) electrons. The van der Waals surface area contributed by atoms with Crippen LogP contribution in [-0.2, 0) is 13.1 Å². The number of carbonyl (C=O) groups excluding carboxylic acids is 1. The molecule has 0 N–H and O–H groups in total. The Kier molecular flexibility index (Phi) is 4.90. The second kappa shape index (κ2) is 7.73. The molecule has 0 spiro atoms. The van der Waals surface area contributed by atoms with Gasteiger partial charge in [-0.15, -0.1) is 5.10 Å². The van der Waals surface area contributed by atoms with Crippen LogP contribution in [0.2, 0.25) is 0 Å². The zero-order chi connectivity index (χ0) is 21.5. The largest absolute Gasteiger partial charge is 0.338 e. The van der Waals surface area contributed by atoms with Crippen molar-refractivity contribution in [3.8, 4) is 5.69 Å². The highest BCUT2D eigenvalue weighted by Gasteiger charge is 2.36. The van der Waals surface area contributed by atoms with Crippen LogP contribution < -0.4 is 5.56 Å². The van der Waals surface area contributed by atoms with E-state index in [1.54, 1.807) is 4.68 Å². The molecule has 4 heterocycles. The summed E-state index contributed by atoms with van der Waals surface area (Å²) in [4.78, 5) is 30.1. The lowest BCUT2D eigenvalue weighted by molar-refractivity contribution is 0.0594. The zero-order valence-corrected chi connectivity index (χ0v) is 17.7. The van der Waals surface area contributed by atoms with Gasteiger partial charge in [0.05, 0.1) is 5.69 Å². The maximum Gasteiger partial charge on any atom is 0.255 e. The van der Waals surface area contributed by atoms with Gasteiger partial charge in [-0.25, -0.2) is 4.68 Å². The minimum Gasteiger partial charge on any atom is -0.338 e. The highest BCUT2D eigenvalue weighted by atomic mass is 16.2. The molecule has 2 aliphatic heterocycles. The van der Waals surface area contributed by atoms with Gasteiger partial charge in [0.25, 0.3) is 11.5 Å². The summed E-state index contributed by atoms with van der Waals surface area (Å²) in [6, 6.07) is 11.3. The van der Waals surface area contributed by atoms with Crippen LogP contribution in [0.25, 0.3) is 5.69 Å². The predicted molar refractivity (Wildman–Crippen MR) is 114 cm³/mol. The topological polar surface area (TPSA) is 89.2 Å². The third-order valence-corrected chi connectivity index (χ3v) is 6.18. The Balaban J connectivity index is 1.36. The Labute approximate surface area is 179 Å². The maximum atomic E-state index is 13.2. The van der Waals surface area contributed by atoms with Crippen LogP contribution in [0, 0.1) is 5.92 Å². The minimum atomic E-state index is 0.0259. The van der Waals surface area contributed by atoms with Crippen molar-refractivity contribution in [2.24, 2.45) is 5.92 Å². The first-order valence-corrected chi connectivity index (χ1v) is 10.5. The van der Waals surface area contributed by atoms with Crippen molar-refractivity contribution in [1.29, 1.82) is 0 Å². The summed E-state index contributed by atoms with van der Waals surface area (Å²) in [5.74, 6) is 0.513. The van der Waals surface area contributed by atoms with Crippen molar-refractivity contribution in [3.63, 3.8) is 0 Å². The first-order chi connectivity index (χ1) is 15.0. The van der Waals surface area contributed by atoms with Crippen LogP contribution >= 0.6 is 0 Å². The Hall–Kier alpha value is -3.33. The number of likely N-dealkylation sites (tertiary alicyclic amines) is 1. The summed E-state index contributed by atoms with van der Waals surface area (Å²) < 4.78 is 3.50. The Morgan fingerprint density at radius 3 is 2.61 bits per heavy atom. The number of aromatic nitrogens is 5. The van der Waals surface area contributed by atoms with E-state index < -0.39 is 0 Å². The van der Waals surface area contributed by atoms with E-state index in [4.69, 9.17) is 0 Å². The van der Waals surface area contributed by atoms with E-state index >= 15 is 0 Å². The van der Waals surface area contributed by atoms with E-state index in [1.807, 2.05) is 58.8 Å². The number of rotatable bonds is 4. The number of hydrogen-bond acceptors (Lipinski definition) is 6. The fraction of sp³-hybridized carbons (Fsp3) is 0.409. The fourth-order valence-electron chi connectivity index (χ4n) is 4.84. The highest BCUT2D eigenvalue weighted by Crippen LogP contribution is 2.35. The summed E-state index contributed by atoms with van der Waals surface area (Å²) in [7, 11) is 3.94. The number of benzene rings is 1. The van der Waals surface area contributed by atoms with Gasteiger partial charge in [0.15, 0.2) is 0 Å². The van der Waals surface area contributed by atoms with Crippen molar-refractivity contribution >= 4 is 5.91 Å². The monoisotopic (exact) mass is 419 g/mol. The molecular formula is C22H25N7O2. The summed E-state index contributed by atoms with van der Waals surface area (Å²) in [5, 5.41) is 11.1. The lowest BCUT2D eigenvalue weighted by Gasteiger charge is -2.43. The standard InChI is InChI=1S/C22H25N7O2/c1-26(2)12-17-5-8-20-18-9-15(11-28(20)22(17)31)10-27(13-18)21(30)16-3-6-19(7-4-16)29-14-23-24-25-29/h3-8,14-15,18H,9-13H2,1-2H3/t15-,18+/m0/s1. The van der Waals surface area contributed by atoms with Gasteiger partial charge in [0, 0.05) is 48.9 Å². The lowest BCUT2D eigenvalue weighted by Crippen LogP contribution is -2.49.